The second kappa shape index (κ2) is 7.45. The highest BCUT2D eigenvalue weighted by Gasteiger charge is 2.90. The molecule has 0 bridgehead atoms. The Bertz CT molecular complexity index is 726. The number of rotatable bonds is 8. The normalized spacial score (nSPS) is 17.0. The molecule has 1 aromatic carbocycles. The van der Waals surface area contributed by atoms with Crippen LogP contribution in [0.4, 0.5) is 57.1 Å². The number of alkyl halides is 13. The highest BCUT2D eigenvalue weighted by atomic mass is 19.4. The highest BCUT2D eigenvalue weighted by molar-refractivity contribution is 5.23. The second-order valence-corrected chi connectivity index (χ2v) is 6.48. The zero-order valence-electron chi connectivity index (χ0n) is 14.9. The van der Waals surface area contributed by atoms with E-state index in [4.69, 9.17) is 0 Å². The summed E-state index contributed by atoms with van der Waals surface area (Å²) in [5.41, 5.74) is -2.86. The van der Waals surface area contributed by atoms with E-state index >= 15 is 0 Å². The standard InChI is InChI=1S/C16H13F13O/c1-10(30-2,9-6-4-3-5-7-9)8-11(17,18)12(19,20)13(21,22)14(23,24)15(25,26)16(27,28)29/h3-7H,8H2,1-2H3. The molecule has 1 rings (SSSR count). The van der Waals surface area contributed by atoms with Gasteiger partial charge in [0.25, 0.3) is 0 Å². The fourth-order valence-electron chi connectivity index (χ4n) is 2.42. The van der Waals surface area contributed by atoms with Crippen LogP contribution in [0.1, 0.15) is 18.9 Å². The van der Waals surface area contributed by atoms with E-state index in [9.17, 15) is 57.1 Å². The first-order valence-electron chi connectivity index (χ1n) is 7.69. The number of hydrogen-bond acceptors (Lipinski definition) is 1. The van der Waals surface area contributed by atoms with Crippen LogP contribution in [0.25, 0.3) is 0 Å². The lowest BCUT2D eigenvalue weighted by atomic mass is 9.84. The van der Waals surface area contributed by atoms with Gasteiger partial charge in [-0.3, -0.25) is 0 Å². The Morgan fingerprint density at radius 1 is 0.633 bits per heavy atom. The van der Waals surface area contributed by atoms with Gasteiger partial charge in [-0.25, -0.2) is 0 Å². The average molecular weight is 468 g/mol. The SMILES string of the molecule is COC(C)(CC(F)(F)C(F)(F)C(F)(F)C(F)(F)C(F)(F)C(F)(F)F)c1ccccc1. The van der Waals surface area contributed by atoms with Gasteiger partial charge in [-0.05, 0) is 12.5 Å². The molecule has 0 radical (unpaired) electrons. The zero-order chi connectivity index (χ0) is 24.0. The summed E-state index contributed by atoms with van der Waals surface area (Å²) in [7, 11) is 0.672. The maximum Gasteiger partial charge on any atom is 0.460 e. The van der Waals surface area contributed by atoms with Crippen LogP contribution in [-0.4, -0.2) is 42.9 Å². The van der Waals surface area contributed by atoms with Crippen LogP contribution in [-0.2, 0) is 10.3 Å². The topological polar surface area (TPSA) is 9.23 Å². The van der Waals surface area contributed by atoms with E-state index in [1.54, 1.807) is 0 Å². The molecule has 0 amide bonds. The molecule has 0 fully saturated rings. The Kier molecular flexibility index (Phi) is 6.53. The van der Waals surface area contributed by atoms with Gasteiger partial charge in [0.1, 0.15) is 0 Å². The molecule has 1 nitrogen and oxygen atoms in total. The molecule has 14 heteroatoms. The molecule has 0 saturated heterocycles. The first-order chi connectivity index (χ1) is 13.1. The lowest BCUT2D eigenvalue weighted by molar-refractivity contribution is -0.441. The first kappa shape index (κ1) is 26.3. The van der Waals surface area contributed by atoms with Crippen molar-refractivity contribution in [3.63, 3.8) is 0 Å². The van der Waals surface area contributed by atoms with Crippen LogP contribution >= 0.6 is 0 Å². The lowest BCUT2D eigenvalue weighted by Gasteiger charge is -2.42. The van der Waals surface area contributed by atoms with Crippen molar-refractivity contribution in [2.45, 2.75) is 54.7 Å². The molecule has 0 saturated carbocycles. The van der Waals surface area contributed by atoms with Gasteiger partial charge in [-0.2, -0.15) is 57.1 Å². The molecule has 0 N–H and O–H groups in total. The van der Waals surface area contributed by atoms with Crippen molar-refractivity contribution in [2.75, 3.05) is 7.11 Å². The van der Waals surface area contributed by atoms with Crippen LogP contribution in [0.5, 0.6) is 0 Å². The fraction of sp³-hybridized carbons (Fsp3) is 0.625. The number of methoxy groups -OCH3 is 1. The Balaban J connectivity index is 3.49. The van der Waals surface area contributed by atoms with Crippen LogP contribution in [0.2, 0.25) is 0 Å². The molecule has 0 aliphatic carbocycles. The van der Waals surface area contributed by atoms with Crippen molar-refractivity contribution in [3.8, 4) is 0 Å². The molecule has 1 atom stereocenters. The molecule has 0 heterocycles. The summed E-state index contributed by atoms with van der Waals surface area (Å²) in [6.07, 6.45) is -9.90. The van der Waals surface area contributed by atoms with E-state index in [2.05, 4.69) is 4.74 Å². The van der Waals surface area contributed by atoms with Gasteiger partial charge < -0.3 is 4.74 Å². The molecule has 1 aromatic rings. The molecule has 0 aliphatic heterocycles. The lowest BCUT2D eigenvalue weighted by Crippen LogP contribution is -2.70. The summed E-state index contributed by atoms with van der Waals surface area (Å²) in [6, 6.07) is 5.75. The van der Waals surface area contributed by atoms with Crippen LogP contribution in [0, 0.1) is 0 Å². The van der Waals surface area contributed by atoms with Gasteiger partial charge in [0.15, 0.2) is 0 Å². The fourth-order valence-corrected chi connectivity index (χ4v) is 2.42. The maximum atomic E-state index is 14.1. The van der Waals surface area contributed by atoms with Gasteiger partial charge in [0, 0.05) is 7.11 Å². The number of ether oxygens (including phenoxy) is 1. The van der Waals surface area contributed by atoms with Crippen LogP contribution < -0.4 is 0 Å². The van der Waals surface area contributed by atoms with Gasteiger partial charge >= 0.3 is 35.8 Å². The summed E-state index contributed by atoms with van der Waals surface area (Å²) >= 11 is 0. The first-order valence-corrected chi connectivity index (χ1v) is 7.69. The summed E-state index contributed by atoms with van der Waals surface area (Å²) in [5, 5.41) is 0. The van der Waals surface area contributed by atoms with Gasteiger partial charge in [-0.15, -0.1) is 0 Å². The molecular formula is C16H13F13O. The minimum Gasteiger partial charge on any atom is -0.374 e. The number of hydrogen-bond donors (Lipinski definition) is 0. The minimum absolute atomic E-state index is 0.321. The second-order valence-electron chi connectivity index (χ2n) is 6.48. The molecule has 174 valence electrons. The van der Waals surface area contributed by atoms with Crippen molar-refractivity contribution < 1.29 is 61.8 Å². The average Bonchev–Trinajstić information content (AvgIpc) is 2.60. The van der Waals surface area contributed by atoms with E-state index < -0.39 is 47.8 Å². The quantitative estimate of drug-likeness (QED) is 0.387. The third kappa shape index (κ3) is 3.82. The van der Waals surface area contributed by atoms with E-state index in [1.807, 2.05) is 0 Å². The van der Waals surface area contributed by atoms with Crippen molar-refractivity contribution in [1.29, 1.82) is 0 Å². The van der Waals surface area contributed by atoms with Gasteiger partial charge in [0.2, 0.25) is 0 Å². The molecule has 30 heavy (non-hydrogen) atoms. The Hall–Kier alpha value is -1.73. The Morgan fingerprint density at radius 2 is 1.03 bits per heavy atom. The number of benzene rings is 1. The predicted octanol–water partition coefficient (Wildman–Crippen LogP) is 6.68. The van der Waals surface area contributed by atoms with Crippen LogP contribution in [0.3, 0.4) is 0 Å². The number of halogens is 13. The zero-order valence-corrected chi connectivity index (χ0v) is 14.9. The molecule has 0 spiro atoms. The monoisotopic (exact) mass is 468 g/mol. The predicted molar refractivity (Wildman–Crippen MR) is 76.2 cm³/mol. The summed E-state index contributed by atoms with van der Waals surface area (Å²) in [5.74, 6) is -37.0. The van der Waals surface area contributed by atoms with E-state index in [1.165, 1.54) is 18.2 Å². The Labute approximate surface area is 160 Å². The third-order valence-corrected chi connectivity index (χ3v) is 4.39. The third-order valence-electron chi connectivity index (χ3n) is 4.39. The van der Waals surface area contributed by atoms with Crippen molar-refractivity contribution in [3.05, 3.63) is 35.9 Å². The van der Waals surface area contributed by atoms with Crippen molar-refractivity contribution in [1.82, 2.24) is 0 Å². The Morgan fingerprint density at radius 3 is 1.40 bits per heavy atom. The largest absolute Gasteiger partial charge is 0.460 e. The van der Waals surface area contributed by atoms with E-state index in [0.717, 1.165) is 12.1 Å². The van der Waals surface area contributed by atoms with Gasteiger partial charge in [-0.1, -0.05) is 30.3 Å². The maximum absolute atomic E-state index is 14.1. The molecule has 0 aliphatic rings. The molecule has 1 unspecified atom stereocenters. The molecule has 0 aromatic heterocycles. The summed E-state index contributed by atoms with van der Waals surface area (Å²) < 4.78 is 176. The van der Waals surface area contributed by atoms with Crippen molar-refractivity contribution in [2.24, 2.45) is 0 Å². The minimum atomic E-state index is -7.92. The van der Waals surface area contributed by atoms with E-state index in [-0.39, 0.29) is 5.56 Å². The summed E-state index contributed by atoms with van der Waals surface area (Å²) in [4.78, 5) is 0. The van der Waals surface area contributed by atoms with Crippen LogP contribution in [0.15, 0.2) is 30.3 Å². The summed E-state index contributed by atoms with van der Waals surface area (Å²) in [6.45, 7) is 0.674. The van der Waals surface area contributed by atoms with Crippen molar-refractivity contribution >= 4 is 0 Å². The van der Waals surface area contributed by atoms with Gasteiger partial charge in [0.05, 0.1) is 12.0 Å². The smallest absolute Gasteiger partial charge is 0.374 e. The molecular weight excluding hydrogens is 455 g/mol. The van der Waals surface area contributed by atoms with E-state index in [0.29, 0.717) is 14.0 Å². The highest BCUT2D eigenvalue weighted by Crippen LogP contribution is 2.61.